The Morgan fingerprint density at radius 1 is 0.604 bits per heavy atom. The summed E-state index contributed by atoms with van der Waals surface area (Å²) in [7, 11) is 0. The lowest BCUT2D eigenvalue weighted by molar-refractivity contribution is 0.300. The summed E-state index contributed by atoms with van der Waals surface area (Å²) >= 11 is 14.2. The van der Waals surface area contributed by atoms with Crippen LogP contribution in [0.25, 0.3) is 33.6 Å². The van der Waals surface area contributed by atoms with Gasteiger partial charge in [0.25, 0.3) is 0 Å². The molecule has 0 radical (unpaired) electrons. The fraction of sp³-hybridized carbons (Fsp3) is 0.278. The molecule has 2 aromatic carbocycles. The lowest BCUT2D eigenvalue weighted by atomic mass is 9.98. The Labute approximate surface area is 289 Å². The van der Waals surface area contributed by atoms with Crippen LogP contribution in [0.1, 0.15) is 36.8 Å². The van der Waals surface area contributed by atoms with E-state index in [0.29, 0.717) is 96.3 Å². The maximum Gasteiger partial charge on any atom is 0.225 e. The van der Waals surface area contributed by atoms with Crippen LogP contribution in [-0.2, 0) is 0 Å². The minimum absolute atomic E-state index is 0.354. The first-order valence-electron chi connectivity index (χ1n) is 15.8. The second-order valence-corrected chi connectivity index (χ2v) is 11.7. The quantitative estimate of drug-likeness (QED) is 0.146. The molecular weight excluding hydrogens is 647 g/mol. The molecule has 10 nitrogen and oxygen atoms in total. The fourth-order valence-corrected chi connectivity index (χ4v) is 6.08. The first-order valence-corrected chi connectivity index (χ1v) is 16.5. The molecule has 2 aromatic heterocycles. The van der Waals surface area contributed by atoms with Crippen LogP contribution in [-0.4, -0.2) is 61.0 Å². The van der Waals surface area contributed by atoms with Crippen molar-refractivity contribution in [3.8, 4) is 57.5 Å². The van der Waals surface area contributed by atoms with Crippen LogP contribution in [0.3, 0.4) is 0 Å². The molecular formula is C36H32Cl2N8O2. The van der Waals surface area contributed by atoms with Gasteiger partial charge in [-0.15, -0.1) is 0 Å². The second-order valence-electron chi connectivity index (χ2n) is 11.0. The smallest absolute Gasteiger partial charge is 0.225 e. The largest absolute Gasteiger partial charge is 0.477 e. The zero-order valence-corrected chi connectivity index (χ0v) is 27.6. The van der Waals surface area contributed by atoms with Crippen LogP contribution < -0.4 is 20.1 Å². The number of unbranched alkanes of at least 4 members (excludes halogenated alkanes) is 2. The van der Waals surface area contributed by atoms with Gasteiger partial charge in [-0.05, 0) is 37.1 Å². The number of ether oxygens (including phenoxy) is 2. The number of halogens is 2. The highest BCUT2D eigenvalue weighted by Gasteiger charge is 2.21. The Kier molecular flexibility index (Phi) is 10.7. The third kappa shape index (κ3) is 7.21. The molecule has 0 atom stereocenters. The van der Waals surface area contributed by atoms with E-state index < -0.39 is 0 Å². The van der Waals surface area contributed by atoms with E-state index in [2.05, 4.69) is 32.8 Å². The Morgan fingerprint density at radius 2 is 1.04 bits per heavy atom. The zero-order valence-electron chi connectivity index (χ0n) is 26.1. The van der Waals surface area contributed by atoms with Crippen molar-refractivity contribution in [3.05, 3.63) is 81.8 Å². The number of hydrogen-bond acceptors (Lipinski definition) is 10. The van der Waals surface area contributed by atoms with Crippen molar-refractivity contribution >= 4 is 34.9 Å². The highest BCUT2D eigenvalue weighted by atomic mass is 35.5. The number of nitriles is 2. The Bertz CT molecular complexity index is 1820. The topological polar surface area (TPSA) is 141 Å². The number of benzene rings is 2. The first-order chi connectivity index (χ1) is 23.6. The third-order valence-corrected chi connectivity index (χ3v) is 8.58. The predicted octanol–water partition coefficient (Wildman–Crippen LogP) is 6.85. The number of rotatable bonds is 13. The average Bonchev–Trinajstić information content (AvgIpc) is 3.85. The Balaban J connectivity index is 1.34. The zero-order chi connectivity index (χ0) is 33.3. The number of pyridine rings is 2. The number of hydrogen-bond donors (Lipinski definition) is 2. The molecule has 0 amide bonds. The van der Waals surface area contributed by atoms with E-state index in [1.165, 1.54) is 0 Å². The average molecular weight is 680 g/mol. The molecule has 4 heterocycles. The minimum Gasteiger partial charge on any atom is -0.477 e. The maximum atomic E-state index is 8.95. The van der Waals surface area contributed by atoms with Crippen molar-refractivity contribution in [3.63, 3.8) is 0 Å². The van der Waals surface area contributed by atoms with Gasteiger partial charge in [-0.2, -0.15) is 10.5 Å². The van der Waals surface area contributed by atoms with Crippen LogP contribution in [0.5, 0.6) is 11.8 Å². The molecule has 242 valence electrons. The van der Waals surface area contributed by atoms with Gasteiger partial charge >= 0.3 is 0 Å². The second kappa shape index (κ2) is 15.6. The summed E-state index contributed by atoms with van der Waals surface area (Å²) < 4.78 is 12.1. The monoisotopic (exact) mass is 678 g/mol. The molecule has 2 aliphatic rings. The van der Waals surface area contributed by atoms with Crippen molar-refractivity contribution in [2.75, 3.05) is 39.4 Å². The normalized spacial score (nSPS) is 13.5. The molecule has 0 saturated carbocycles. The van der Waals surface area contributed by atoms with Gasteiger partial charge in [0.05, 0.1) is 71.0 Å². The van der Waals surface area contributed by atoms with E-state index in [0.717, 1.165) is 47.0 Å². The molecule has 2 N–H and O–H groups in total. The highest BCUT2D eigenvalue weighted by Crippen LogP contribution is 2.42. The maximum absolute atomic E-state index is 8.95. The highest BCUT2D eigenvalue weighted by molar-refractivity contribution is 6.39. The summed E-state index contributed by atoms with van der Waals surface area (Å²) in [4.78, 5) is 18.8. The summed E-state index contributed by atoms with van der Waals surface area (Å²) in [5, 5.41) is 25.4. The molecule has 0 spiro atoms. The summed E-state index contributed by atoms with van der Waals surface area (Å²) in [5.74, 6) is 2.33. The molecule has 4 aromatic rings. The van der Waals surface area contributed by atoms with Gasteiger partial charge in [0.1, 0.15) is 11.7 Å². The SMILES string of the molecule is N#CCCCOc1nc(-c2cccc(-c3cccc(-c4ccc(C5=NCCN5)c(OCCCC#N)n4)c3Cl)c2Cl)ccc1C1=NCCN1. The first kappa shape index (κ1) is 32.8. The molecule has 12 heteroatoms. The molecule has 0 bridgehead atoms. The number of nitrogens with one attached hydrogen (secondary N) is 2. The van der Waals surface area contributed by atoms with E-state index >= 15 is 0 Å². The van der Waals surface area contributed by atoms with Crippen LogP contribution in [0.15, 0.2) is 70.6 Å². The molecule has 0 aliphatic carbocycles. The molecule has 0 fully saturated rings. The van der Waals surface area contributed by atoms with Gasteiger partial charge in [0.2, 0.25) is 11.8 Å². The standard InChI is InChI=1S/C36H32Cl2N8O2/c37-31-23(7-5-9-25(31)29-13-11-27(33-41-17-18-42-33)35(45-29)47-21-3-1-15-39)24-8-6-10-26(32(24)38)30-14-12-28(34-43-19-20-44-34)36(46-30)48-22-4-2-16-40/h5-14H,1-4,17-22H2,(H,41,42)(H,43,44). The van der Waals surface area contributed by atoms with Gasteiger partial charge in [-0.3, -0.25) is 9.98 Å². The van der Waals surface area contributed by atoms with Crippen molar-refractivity contribution in [2.45, 2.75) is 25.7 Å². The van der Waals surface area contributed by atoms with Gasteiger partial charge in [0, 0.05) is 48.2 Å². The number of amidine groups is 2. The summed E-state index contributed by atoms with van der Waals surface area (Å²) in [6.07, 6.45) is 1.96. The van der Waals surface area contributed by atoms with Crippen LogP contribution >= 0.6 is 23.2 Å². The fourth-order valence-electron chi connectivity index (χ4n) is 5.43. The minimum atomic E-state index is 0.354. The van der Waals surface area contributed by atoms with Crippen molar-refractivity contribution in [1.82, 2.24) is 20.6 Å². The van der Waals surface area contributed by atoms with Crippen LogP contribution in [0.4, 0.5) is 0 Å². The molecule has 2 aliphatic heterocycles. The molecule has 6 rings (SSSR count). The predicted molar refractivity (Wildman–Crippen MR) is 188 cm³/mol. The summed E-state index contributed by atoms with van der Waals surface area (Å²) in [6.45, 7) is 3.57. The van der Waals surface area contributed by atoms with Gasteiger partial charge in [-0.25, -0.2) is 9.97 Å². The van der Waals surface area contributed by atoms with Gasteiger partial charge < -0.3 is 20.1 Å². The molecule has 0 unspecified atom stereocenters. The van der Waals surface area contributed by atoms with E-state index in [4.69, 9.17) is 53.2 Å². The lowest BCUT2D eigenvalue weighted by Gasteiger charge is -2.16. The van der Waals surface area contributed by atoms with E-state index in [1.807, 2.05) is 60.7 Å². The van der Waals surface area contributed by atoms with E-state index in [9.17, 15) is 0 Å². The van der Waals surface area contributed by atoms with Crippen LogP contribution in [0, 0.1) is 22.7 Å². The number of aromatic nitrogens is 2. The van der Waals surface area contributed by atoms with Gasteiger partial charge in [0.15, 0.2) is 0 Å². The van der Waals surface area contributed by atoms with Crippen molar-refractivity contribution in [2.24, 2.45) is 9.98 Å². The van der Waals surface area contributed by atoms with E-state index in [1.54, 1.807) is 0 Å². The summed E-state index contributed by atoms with van der Waals surface area (Å²) in [6, 6.07) is 23.4. The van der Waals surface area contributed by atoms with Gasteiger partial charge in [-0.1, -0.05) is 59.6 Å². The number of aliphatic imine (C=N–C) groups is 2. The lowest BCUT2D eigenvalue weighted by Crippen LogP contribution is -2.21. The van der Waals surface area contributed by atoms with Crippen LogP contribution in [0.2, 0.25) is 10.0 Å². The Hall–Kier alpha value is -5.16. The van der Waals surface area contributed by atoms with E-state index in [-0.39, 0.29) is 0 Å². The summed E-state index contributed by atoms with van der Waals surface area (Å²) in [5.41, 5.74) is 5.68. The van der Waals surface area contributed by atoms with Crippen molar-refractivity contribution < 1.29 is 9.47 Å². The molecule has 0 saturated heterocycles. The number of nitrogens with zero attached hydrogens (tertiary/aromatic N) is 6. The Morgan fingerprint density at radius 3 is 1.44 bits per heavy atom. The molecule has 48 heavy (non-hydrogen) atoms. The third-order valence-electron chi connectivity index (χ3n) is 7.76. The van der Waals surface area contributed by atoms with Crippen molar-refractivity contribution in [1.29, 1.82) is 10.5 Å².